The predicted molar refractivity (Wildman–Crippen MR) is 123 cm³/mol. The van der Waals surface area contributed by atoms with E-state index in [9.17, 15) is 4.79 Å². The molecule has 2 aromatic heterocycles. The molecule has 31 heavy (non-hydrogen) atoms. The fourth-order valence-electron chi connectivity index (χ4n) is 3.66. The Morgan fingerprint density at radius 3 is 2.48 bits per heavy atom. The van der Waals surface area contributed by atoms with Crippen molar-refractivity contribution in [2.24, 2.45) is 0 Å². The summed E-state index contributed by atoms with van der Waals surface area (Å²) in [5.74, 6) is 1.61. The lowest BCUT2D eigenvalue weighted by Gasteiger charge is -2.37. The topological polar surface area (TPSA) is 79.2 Å². The third-order valence-electron chi connectivity index (χ3n) is 5.20. The molecule has 0 atom stereocenters. The van der Waals surface area contributed by atoms with Crippen LogP contribution in [0.15, 0.2) is 30.5 Å². The lowest BCUT2D eigenvalue weighted by atomic mass is 10.1. The van der Waals surface area contributed by atoms with Crippen molar-refractivity contribution in [3.8, 4) is 5.69 Å². The average molecular weight is 442 g/mol. The number of amides is 2. The van der Waals surface area contributed by atoms with Gasteiger partial charge in [0, 0.05) is 38.1 Å². The standard InChI is InChI=1S/C22H28ClN7O/c1-5-18-25-19(28-10-12-29(13-11-28)21(31)27-22(2,3)4)15-14-24-30(20(15)26-18)17-9-7-6-8-16(17)23/h6-9,14H,5,10-13H2,1-4H3,(H,27,31). The lowest BCUT2D eigenvalue weighted by molar-refractivity contribution is 0.185. The molecule has 1 N–H and O–H groups in total. The first-order valence-corrected chi connectivity index (χ1v) is 11.0. The first-order valence-electron chi connectivity index (χ1n) is 10.6. The van der Waals surface area contributed by atoms with Crippen LogP contribution in [0.1, 0.15) is 33.5 Å². The fourth-order valence-corrected chi connectivity index (χ4v) is 3.87. The molecule has 1 saturated heterocycles. The highest BCUT2D eigenvalue weighted by Crippen LogP contribution is 2.29. The number of hydrogen-bond donors (Lipinski definition) is 1. The van der Waals surface area contributed by atoms with Gasteiger partial charge in [-0.2, -0.15) is 5.10 Å². The van der Waals surface area contributed by atoms with Crippen molar-refractivity contribution in [1.82, 2.24) is 30.0 Å². The fraction of sp³-hybridized carbons (Fsp3) is 0.455. The van der Waals surface area contributed by atoms with E-state index in [1.807, 2.05) is 56.9 Å². The second-order valence-corrected chi connectivity index (χ2v) is 9.12. The molecule has 1 aliphatic rings. The van der Waals surface area contributed by atoms with E-state index < -0.39 is 0 Å². The van der Waals surface area contributed by atoms with E-state index in [0.717, 1.165) is 28.4 Å². The molecule has 0 saturated carbocycles. The number of aryl methyl sites for hydroxylation is 1. The number of hydrogen-bond acceptors (Lipinski definition) is 5. The highest BCUT2D eigenvalue weighted by Gasteiger charge is 2.26. The van der Waals surface area contributed by atoms with Crippen LogP contribution in [0.5, 0.6) is 0 Å². The van der Waals surface area contributed by atoms with Gasteiger partial charge in [-0.25, -0.2) is 19.4 Å². The number of aromatic nitrogens is 4. The summed E-state index contributed by atoms with van der Waals surface area (Å²) in [6.45, 7) is 10.7. The van der Waals surface area contributed by atoms with Gasteiger partial charge in [0.15, 0.2) is 5.65 Å². The summed E-state index contributed by atoms with van der Waals surface area (Å²) in [4.78, 5) is 26.1. The summed E-state index contributed by atoms with van der Waals surface area (Å²) in [5, 5.41) is 9.10. The van der Waals surface area contributed by atoms with Crippen LogP contribution in [-0.4, -0.2) is 62.4 Å². The van der Waals surface area contributed by atoms with E-state index in [1.165, 1.54) is 0 Å². The van der Waals surface area contributed by atoms with Crippen molar-refractivity contribution in [3.05, 3.63) is 41.3 Å². The summed E-state index contributed by atoms with van der Waals surface area (Å²) in [7, 11) is 0. The number of rotatable bonds is 3. The molecule has 2 amide bonds. The Labute approximate surface area is 187 Å². The number of urea groups is 1. The molecule has 1 aliphatic heterocycles. The van der Waals surface area contributed by atoms with Gasteiger partial charge in [-0.05, 0) is 32.9 Å². The van der Waals surface area contributed by atoms with Gasteiger partial charge in [-0.3, -0.25) is 0 Å². The van der Waals surface area contributed by atoms with Crippen molar-refractivity contribution >= 4 is 34.5 Å². The lowest BCUT2D eigenvalue weighted by Crippen LogP contribution is -2.55. The second-order valence-electron chi connectivity index (χ2n) is 8.72. The number of fused-ring (bicyclic) bond motifs is 1. The van der Waals surface area contributed by atoms with E-state index in [0.29, 0.717) is 37.6 Å². The van der Waals surface area contributed by atoms with Crippen molar-refractivity contribution in [2.75, 3.05) is 31.1 Å². The molecule has 1 fully saturated rings. The Bertz CT molecular complexity index is 1100. The molecule has 3 heterocycles. The Balaban J connectivity index is 1.63. The van der Waals surface area contributed by atoms with Gasteiger partial charge in [-0.1, -0.05) is 30.7 Å². The van der Waals surface area contributed by atoms with Crippen molar-refractivity contribution in [3.63, 3.8) is 0 Å². The minimum absolute atomic E-state index is 0.0271. The highest BCUT2D eigenvalue weighted by atomic mass is 35.5. The maximum atomic E-state index is 12.5. The number of halogens is 1. The SMILES string of the molecule is CCc1nc(N2CCN(C(=O)NC(C)(C)C)CC2)c2cnn(-c3ccccc3Cl)c2n1. The molecule has 8 nitrogen and oxygen atoms in total. The van der Waals surface area contributed by atoms with E-state index in [2.05, 4.69) is 15.3 Å². The number of nitrogens with zero attached hydrogens (tertiary/aromatic N) is 6. The van der Waals surface area contributed by atoms with Crippen LogP contribution in [0.4, 0.5) is 10.6 Å². The van der Waals surface area contributed by atoms with Gasteiger partial charge < -0.3 is 15.1 Å². The monoisotopic (exact) mass is 441 g/mol. The summed E-state index contributed by atoms with van der Waals surface area (Å²) in [6, 6.07) is 7.56. The maximum absolute atomic E-state index is 12.5. The molecule has 1 aromatic carbocycles. The third-order valence-corrected chi connectivity index (χ3v) is 5.52. The molecule has 0 unspecified atom stereocenters. The smallest absolute Gasteiger partial charge is 0.317 e. The van der Waals surface area contributed by atoms with Crippen LogP contribution in [-0.2, 0) is 6.42 Å². The summed E-state index contributed by atoms with van der Waals surface area (Å²) < 4.78 is 1.77. The Kier molecular flexibility index (Phi) is 5.75. The van der Waals surface area contributed by atoms with Gasteiger partial charge in [-0.15, -0.1) is 0 Å². The van der Waals surface area contributed by atoms with E-state index in [4.69, 9.17) is 21.6 Å². The van der Waals surface area contributed by atoms with Gasteiger partial charge in [0.1, 0.15) is 11.6 Å². The number of para-hydroxylation sites is 1. The van der Waals surface area contributed by atoms with Gasteiger partial charge in [0.25, 0.3) is 0 Å². The minimum Gasteiger partial charge on any atom is -0.352 e. The number of nitrogens with one attached hydrogen (secondary N) is 1. The highest BCUT2D eigenvalue weighted by molar-refractivity contribution is 6.32. The van der Waals surface area contributed by atoms with Gasteiger partial charge >= 0.3 is 6.03 Å². The van der Waals surface area contributed by atoms with Crippen molar-refractivity contribution in [1.29, 1.82) is 0 Å². The zero-order valence-electron chi connectivity index (χ0n) is 18.4. The van der Waals surface area contributed by atoms with Crippen molar-refractivity contribution in [2.45, 2.75) is 39.7 Å². The Hall–Kier alpha value is -2.87. The first kappa shape index (κ1) is 21.4. The molecule has 164 valence electrons. The Morgan fingerprint density at radius 1 is 1.13 bits per heavy atom. The molecule has 0 spiro atoms. The molecular weight excluding hydrogens is 414 g/mol. The summed E-state index contributed by atoms with van der Waals surface area (Å²) in [6.07, 6.45) is 2.51. The molecule has 4 rings (SSSR count). The average Bonchev–Trinajstić information content (AvgIpc) is 3.16. The van der Waals surface area contributed by atoms with Gasteiger partial charge in [0.05, 0.1) is 22.3 Å². The predicted octanol–water partition coefficient (Wildman–Crippen LogP) is 3.66. The van der Waals surface area contributed by atoms with Crippen molar-refractivity contribution < 1.29 is 4.79 Å². The maximum Gasteiger partial charge on any atom is 0.317 e. The molecular formula is C22H28ClN7O. The number of benzene rings is 1. The largest absolute Gasteiger partial charge is 0.352 e. The number of anilines is 1. The van der Waals surface area contributed by atoms with Crippen LogP contribution < -0.4 is 10.2 Å². The quantitative estimate of drug-likeness (QED) is 0.671. The molecule has 0 radical (unpaired) electrons. The molecule has 9 heteroatoms. The first-order chi connectivity index (χ1) is 14.8. The Morgan fingerprint density at radius 2 is 1.84 bits per heavy atom. The number of carbonyl (C=O) groups excluding carboxylic acids is 1. The van der Waals surface area contributed by atoms with Gasteiger partial charge in [0.2, 0.25) is 0 Å². The van der Waals surface area contributed by atoms with Crippen LogP contribution >= 0.6 is 11.6 Å². The summed E-state index contributed by atoms with van der Waals surface area (Å²) in [5.41, 5.74) is 1.27. The van der Waals surface area contributed by atoms with E-state index >= 15 is 0 Å². The molecule has 3 aromatic rings. The van der Waals surface area contributed by atoms with E-state index in [-0.39, 0.29) is 11.6 Å². The van der Waals surface area contributed by atoms with Crippen LogP contribution in [0.3, 0.4) is 0 Å². The number of carbonyl (C=O) groups is 1. The third kappa shape index (κ3) is 4.44. The zero-order chi connectivity index (χ0) is 22.2. The zero-order valence-corrected chi connectivity index (χ0v) is 19.1. The molecule has 0 aliphatic carbocycles. The summed E-state index contributed by atoms with van der Waals surface area (Å²) >= 11 is 6.41. The van der Waals surface area contributed by atoms with E-state index in [1.54, 1.807) is 10.9 Å². The van der Waals surface area contributed by atoms with Crippen LogP contribution in [0.2, 0.25) is 5.02 Å². The normalized spacial score (nSPS) is 14.9. The number of piperazine rings is 1. The van der Waals surface area contributed by atoms with Crippen LogP contribution in [0.25, 0.3) is 16.7 Å². The molecule has 0 bridgehead atoms. The minimum atomic E-state index is -0.254. The second kappa shape index (κ2) is 8.34. The van der Waals surface area contributed by atoms with Crippen LogP contribution in [0, 0.1) is 0 Å².